The summed E-state index contributed by atoms with van der Waals surface area (Å²) in [7, 11) is 0. The predicted molar refractivity (Wildman–Crippen MR) is 84.8 cm³/mol. The third kappa shape index (κ3) is 4.61. The van der Waals surface area contributed by atoms with E-state index in [0.29, 0.717) is 0 Å². The lowest BCUT2D eigenvalue weighted by molar-refractivity contribution is 0.576. The second-order valence-electron chi connectivity index (χ2n) is 5.29. The van der Waals surface area contributed by atoms with E-state index in [1.54, 1.807) is 11.3 Å². The fourth-order valence-electron chi connectivity index (χ4n) is 2.55. The van der Waals surface area contributed by atoms with Crippen molar-refractivity contribution in [3.8, 4) is 0 Å². The lowest BCUT2D eigenvalue weighted by Crippen LogP contribution is -1.88. The summed E-state index contributed by atoms with van der Waals surface area (Å²) in [5.74, 6) is 0. The highest BCUT2D eigenvalue weighted by Crippen LogP contribution is 2.22. The molecular formula is C17H24NS. The van der Waals surface area contributed by atoms with E-state index in [1.807, 2.05) is 0 Å². The summed E-state index contributed by atoms with van der Waals surface area (Å²) in [6.45, 7) is 2.27. The number of aromatic nitrogens is 1. The number of aryl methyl sites for hydroxylation is 1. The number of unbranched alkanes of at least 4 members (excludes halogenated alkanes) is 7. The first kappa shape index (κ1) is 14.5. The maximum atomic E-state index is 4.36. The van der Waals surface area contributed by atoms with Crippen molar-refractivity contribution in [3.05, 3.63) is 29.3 Å². The standard InChI is InChI=1S/C17H24NS/c1-2-3-4-5-6-7-8-9-11-15-12-10-13-16-17(15)18-14-19-16/h10,12-13H,2-9,11H2,1H3. The summed E-state index contributed by atoms with van der Waals surface area (Å²) in [6.07, 6.45) is 12.2. The molecule has 0 bridgehead atoms. The molecule has 2 aromatic rings. The molecule has 0 spiro atoms. The molecule has 1 radical (unpaired) electrons. The molecule has 1 aromatic carbocycles. The highest BCUT2D eigenvalue weighted by atomic mass is 32.1. The summed E-state index contributed by atoms with van der Waals surface area (Å²) < 4.78 is 1.28. The Labute approximate surface area is 121 Å². The highest BCUT2D eigenvalue weighted by Gasteiger charge is 2.03. The van der Waals surface area contributed by atoms with E-state index in [4.69, 9.17) is 0 Å². The van der Waals surface area contributed by atoms with E-state index >= 15 is 0 Å². The molecule has 1 aromatic heterocycles. The molecule has 0 aliphatic heterocycles. The van der Waals surface area contributed by atoms with Gasteiger partial charge in [-0.1, -0.05) is 64.0 Å². The normalized spacial score (nSPS) is 11.2. The quantitative estimate of drug-likeness (QED) is 0.528. The van der Waals surface area contributed by atoms with Crippen LogP contribution in [-0.4, -0.2) is 4.98 Å². The first-order valence-corrected chi connectivity index (χ1v) is 8.48. The fraction of sp³-hybridized carbons (Fsp3) is 0.588. The summed E-state index contributed by atoms with van der Waals surface area (Å²) in [4.78, 5) is 4.36. The van der Waals surface area contributed by atoms with Crippen LogP contribution in [-0.2, 0) is 6.42 Å². The largest absolute Gasteiger partial charge is 0.233 e. The molecule has 0 unspecified atom stereocenters. The van der Waals surface area contributed by atoms with Crippen LogP contribution in [0.4, 0.5) is 0 Å². The third-order valence-corrected chi connectivity index (χ3v) is 4.43. The monoisotopic (exact) mass is 274 g/mol. The van der Waals surface area contributed by atoms with Crippen LogP contribution in [0.2, 0.25) is 0 Å². The SMILES string of the molecule is CCCCCCCCCCc1cccc2s[c]nc12. The maximum absolute atomic E-state index is 4.36. The Hall–Kier alpha value is -0.890. The van der Waals surface area contributed by atoms with Crippen molar-refractivity contribution in [2.45, 2.75) is 64.7 Å². The van der Waals surface area contributed by atoms with Crippen molar-refractivity contribution in [1.82, 2.24) is 4.98 Å². The highest BCUT2D eigenvalue weighted by molar-refractivity contribution is 7.16. The predicted octanol–water partition coefficient (Wildman–Crippen LogP) is 5.78. The summed E-state index contributed by atoms with van der Waals surface area (Å²) in [5.41, 5.74) is 5.58. The van der Waals surface area contributed by atoms with E-state index < -0.39 is 0 Å². The van der Waals surface area contributed by atoms with Gasteiger partial charge in [-0.05, 0) is 24.5 Å². The smallest absolute Gasteiger partial charge is 0.153 e. The van der Waals surface area contributed by atoms with E-state index in [-0.39, 0.29) is 0 Å². The molecular weight excluding hydrogens is 250 g/mol. The summed E-state index contributed by atoms with van der Waals surface area (Å²) in [5, 5.41) is 0. The zero-order valence-corrected chi connectivity index (χ0v) is 12.8. The van der Waals surface area contributed by atoms with Gasteiger partial charge in [-0.2, -0.15) is 0 Å². The molecule has 103 valence electrons. The van der Waals surface area contributed by atoms with E-state index in [0.717, 1.165) is 0 Å². The van der Waals surface area contributed by atoms with Crippen LogP contribution in [0.25, 0.3) is 10.2 Å². The second-order valence-corrected chi connectivity index (χ2v) is 6.12. The van der Waals surface area contributed by atoms with Crippen LogP contribution in [0.5, 0.6) is 0 Å². The number of hydrogen-bond donors (Lipinski definition) is 0. The van der Waals surface area contributed by atoms with Gasteiger partial charge in [0.2, 0.25) is 0 Å². The van der Waals surface area contributed by atoms with Gasteiger partial charge in [-0.25, -0.2) is 4.98 Å². The Kier molecular flexibility index (Phi) is 6.35. The molecule has 0 N–H and O–H groups in total. The molecule has 0 amide bonds. The number of benzene rings is 1. The Balaban J connectivity index is 1.64. The van der Waals surface area contributed by atoms with Crippen LogP contribution < -0.4 is 0 Å². The molecule has 0 fully saturated rings. The van der Waals surface area contributed by atoms with Gasteiger partial charge in [-0.15, -0.1) is 11.3 Å². The van der Waals surface area contributed by atoms with Crippen LogP contribution in [0.1, 0.15) is 63.9 Å². The number of rotatable bonds is 9. The molecule has 0 aliphatic carbocycles. The van der Waals surface area contributed by atoms with Gasteiger partial charge >= 0.3 is 0 Å². The molecule has 1 heterocycles. The Morgan fingerprint density at radius 3 is 2.53 bits per heavy atom. The minimum atomic E-state index is 1.17. The molecule has 0 atom stereocenters. The zero-order chi connectivity index (χ0) is 13.3. The van der Waals surface area contributed by atoms with Gasteiger partial charge in [0.25, 0.3) is 0 Å². The molecule has 0 saturated heterocycles. The number of nitrogens with zero attached hydrogens (tertiary/aromatic N) is 1. The topological polar surface area (TPSA) is 12.9 Å². The summed E-state index contributed by atoms with van der Waals surface area (Å²) >= 11 is 1.62. The van der Waals surface area contributed by atoms with Crippen molar-refractivity contribution < 1.29 is 0 Å². The zero-order valence-electron chi connectivity index (χ0n) is 12.0. The minimum Gasteiger partial charge on any atom is -0.233 e. The van der Waals surface area contributed by atoms with Crippen molar-refractivity contribution in [1.29, 1.82) is 0 Å². The van der Waals surface area contributed by atoms with Gasteiger partial charge < -0.3 is 0 Å². The number of fused-ring (bicyclic) bond motifs is 1. The third-order valence-electron chi connectivity index (χ3n) is 3.70. The van der Waals surface area contributed by atoms with Crippen molar-refractivity contribution >= 4 is 21.6 Å². The number of hydrogen-bond acceptors (Lipinski definition) is 2. The lowest BCUT2D eigenvalue weighted by Gasteiger charge is -2.03. The minimum absolute atomic E-state index is 1.17. The first-order chi connectivity index (χ1) is 9.42. The average Bonchev–Trinajstić information content (AvgIpc) is 2.91. The fourth-order valence-corrected chi connectivity index (χ4v) is 3.20. The van der Waals surface area contributed by atoms with Gasteiger partial charge in [-0.3, -0.25) is 0 Å². The van der Waals surface area contributed by atoms with E-state index in [1.165, 1.54) is 73.6 Å². The Morgan fingerprint density at radius 2 is 1.74 bits per heavy atom. The van der Waals surface area contributed by atoms with Gasteiger partial charge in [0, 0.05) is 0 Å². The van der Waals surface area contributed by atoms with Gasteiger partial charge in [0.15, 0.2) is 5.51 Å². The lowest BCUT2D eigenvalue weighted by atomic mass is 10.0. The van der Waals surface area contributed by atoms with Crippen LogP contribution >= 0.6 is 11.3 Å². The van der Waals surface area contributed by atoms with Crippen molar-refractivity contribution in [3.63, 3.8) is 0 Å². The molecule has 19 heavy (non-hydrogen) atoms. The second kappa shape index (κ2) is 8.31. The van der Waals surface area contributed by atoms with Gasteiger partial charge in [0.05, 0.1) is 10.2 Å². The van der Waals surface area contributed by atoms with E-state index in [9.17, 15) is 0 Å². The Morgan fingerprint density at radius 1 is 1.00 bits per heavy atom. The first-order valence-electron chi connectivity index (χ1n) is 7.66. The van der Waals surface area contributed by atoms with Crippen molar-refractivity contribution in [2.75, 3.05) is 0 Å². The molecule has 2 heteroatoms. The molecule has 2 rings (SSSR count). The van der Waals surface area contributed by atoms with Crippen molar-refractivity contribution in [2.24, 2.45) is 0 Å². The average molecular weight is 274 g/mol. The van der Waals surface area contributed by atoms with Gasteiger partial charge in [0.1, 0.15) is 0 Å². The maximum Gasteiger partial charge on any atom is 0.153 e. The van der Waals surface area contributed by atoms with E-state index in [2.05, 4.69) is 35.6 Å². The molecule has 0 aliphatic rings. The number of thiazole rings is 1. The summed E-state index contributed by atoms with van der Waals surface area (Å²) in [6, 6.07) is 6.51. The molecule has 1 nitrogen and oxygen atoms in total. The Bertz CT molecular complexity index is 475. The van der Waals surface area contributed by atoms with Crippen LogP contribution in [0, 0.1) is 5.51 Å². The number of para-hydroxylation sites is 1. The van der Waals surface area contributed by atoms with Crippen LogP contribution in [0.15, 0.2) is 18.2 Å². The molecule has 0 saturated carbocycles. The van der Waals surface area contributed by atoms with Crippen LogP contribution in [0.3, 0.4) is 0 Å².